The smallest absolute Gasteiger partial charge is 0.169 e. The van der Waals surface area contributed by atoms with Crippen LogP contribution in [0.3, 0.4) is 0 Å². The molecule has 0 N–H and O–H groups in total. The molecule has 0 saturated carbocycles. The monoisotopic (exact) mass is 347 g/mol. The molecule has 2 rings (SSSR count). The number of methoxy groups -OCH3 is 1. The third kappa shape index (κ3) is 3.16. The number of nitrogens with zero attached hydrogens (tertiary/aromatic N) is 1. The summed E-state index contributed by atoms with van der Waals surface area (Å²) >= 11 is 3.49. The second kappa shape index (κ2) is 6.39. The van der Waals surface area contributed by atoms with Crippen molar-refractivity contribution in [1.82, 2.24) is 4.98 Å². The standard InChI is InChI=1S/C17H18BrNO2/c1-10-6-5-7-13(16(10)18)15(20)8-14-12(3)17(21-4)11(2)9-19-14/h5-7,9H,8H2,1-4H3. The van der Waals surface area contributed by atoms with Crippen molar-refractivity contribution in [2.75, 3.05) is 7.11 Å². The summed E-state index contributed by atoms with van der Waals surface area (Å²) in [6, 6.07) is 5.70. The Bertz CT molecular complexity index is 695. The molecule has 0 unspecified atom stereocenters. The van der Waals surface area contributed by atoms with Crippen LogP contribution in [0.2, 0.25) is 0 Å². The lowest BCUT2D eigenvalue weighted by molar-refractivity contribution is 0.0991. The quantitative estimate of drug-likeness (QED) is 0.778. The molecule has 0 aliphatic heterocycles. The van der Waals surface area contributed by atoms with Gasteiger partial charge in [0.15, 0.2) is 5.78 Å². The highest BCUT2D eigenvalue weighted by molar-refractivity contribution is 9.10. The number of hydrogen-bond acceptors (Lipinski definition) is 3. The average molecular weight is 348 g/mol. The van der Waals surface area contributed by atoms with Gasteiger partial charge in [0, 0.05) is 27.4 Å². The molecule has 0 saturated heterocycles. The van der Waals surface area contributed by atoms with Crippen LogP contribution in [-0.2, 0) is 6.42 Å². The van der Waals surface area contributed by atoms with E-state index in [0.717, 1.165) is 32.6 Å². The van der Waals surface area contributed by atoms with Crippen molar-refractivity contribution in [2.45, 2.75) is 27.2 Å². The Morgan fingerprint density at radius 1 is 1.24 bits per heavy atom. The summed E-state index contributed by atoms with van der Waals surface area (Å²) in [7, 11) is 1.64. The summed E-state index contributed by atoms with van der Waals surface area (Å²) < 4.78 is 6.24. The summed E-state index contributed by atoms with van der Waals surface area (Å²) in [6.45, 7) is 5.85. The molecular formula is C17H18BrNO2. The fourth-order valence-corrected chi connectivity index (χ4v) is 2.84. The molecule has 21 heavy (non-hydrogen) atoms. The Morgan fingerprint density at radius 2 is 1.95 bits per heavy atom. The summed E-state index contributed by atoms with van der Waals surface area (Å²) in [5.74, 6) is 0.850. The second-order valence-electron chi connectivity index (χ2n) is 5.08. The topological polar surface area (TPSA) is 39.2 Å². The van der Waals surface area contributed by atoms with E-state index in [4.69, 9.17) is 4.74 Å². The molecule has 0 bridgehead atoms. The first-order valence-electron chi connectivity index (χ1n) is 6.73. The van der Waals surface area contributed by atoms with Gasteiger partial charge >= 0.3 is 0 Å². The van der Waals surface area contributed by atoms with E-state index >= 15 is 0 Å². The van der Waals surface area contributed by atoms with Crippen molar-refractivity contribution in [2.24, 2.45) is 0 Å². The van der Waals surface area contributed by atoms with Crippen LogP contribution in [0, 0.1) is 20.8 Å². The Kier molecular flexibility index (Phi) is 4.78. The number of aryl methyl sites for hydroxylation is 2. The van der Waals surface area contributed by atoms with E-state index in [0.29, 0.717) is 5.56 Å². The van der Waals surface area contributed by atoms with Crippen LogP contribution >= 0.6 is 15.9 Å². The van der Waals surface area contributed by atoms with Crippen LogP contribution < -0.4 is 4.74 Å². The van der Waals surface area contributed by atoms with E-state index in [1.54, 1.807) is 13.3 Å². The molecule has 0 radical (unpaired) electrons. The van der Waals surface area contributed by atoms with Crippen molar-refractivity contribution in [3.8, 4) is 5.75 Å². The lowest BCUT2D eigenvalue weighted by atomic mass is 10.0. The van der Waals surface area contributed by atoms with Crippen molar-refractivity contribution < 1.29 is 9.53 Å². The average Bonchev–Trinajstić information content (AvgIpc) is 2.45. The van der Waals surface area contributed by atoms with Crippen LogP contribution in [0.15, 0.2) is 28.9 Å². The number of ether oxygens (including phenoxy) is 1. The first-order valence-corrected chi connectivity index (χ1v) is 7.52. The van der Waals surface area contributed by atoms with E-state index in [-0.39, 0.29) is 12.2 Å². The molecule has 110 valence electrons. The summed E-state index contributed by atoms with van der Waals surface area (Å²) in [5.41, 5.74) is 4.40. The van der Waals surface area contributed by atoms with Gasteiger partial charge in [-0.05, 0) is 42.3 Å². The Balaban J connectivity index is 2.34. The van der Waals surface area contributed by atoms with E-state index < -0.39 is 0 Å². The number of halogens is 1. The second-order valence-corrected chi connectivity index (χ2v) is 5.88. The predicted octanol–water partition coefficient (Wildman–Crippen LogP) is 4.20. The molecule has 0 aliphatic carbocycles. The number of carbonyl (C=O) groups excluding carboxylic acids is 1. The molecule has 0 fully saturated rings. The predicted molar refractivity (Wildman–Crippen MR) is 87.2 cm³/mol. The largest absolute Gasteiger partial charge is 0.496 e. The van der Waals surface area contributed by atoms with Gasteiger partial charge in [-0.25, -0.2) is 0 Å². The normalized spacial score (nSPS) is 10.5. The molecule has 0 spiro atoms. The maximum atomic E-state index is 12.5. The Labute approximate surface area is 133 Å². The number of benzene rings is 1. The number of rotatable bonds is 4. The van der Waals surface area contributed by atoms with E-state index in [2.05, 4.69) is 20.9 Å². The van der Waals surface area contributed by atoms with Crippen LogP contribution in [0.5, 0.6) is 5.75 Å². The van der Waals surface area contributed by atoms with Gasteiger partial charge in [0.05, 0.1) is 19.2 Å². The zero-order valence-electron chi connectivity index (χ0n) is 12.7. The van der Waals surface area contributed by atoms with Crippen molar-refractivity contribution >= 4 is 21.7 Å². The molecule has 0 amide bonds. The number of carbonyl (C=O) groups is 1. The van der Waals surface area contributed by atoms with Crippen LogP contribution in [0.4, 0.5) is 0 Å². The lowest BCUT2D eigenvalue weighted by Gasteiger charge is -2.12. The van der Waals surface area contributed by atoms with Crippen LogP contribution in [0.25, 0.3) is 0 Å². The highest BCUT2D eigenvalue weighted by atomic mass is 79.9. The molecular weight excluding hydrogens is 330 g/mol. The lowest BCUT2D eigenvalue weighted by Crippen LogP contribution is -2.09. The SMILES string of the molecule is COc1c(C)cnc(CC(=O)c2cccc(C)c2Br)c1C. The van der Waals surface area contributed by atoms with Gasteiger partial charge < -0.3 is 4.74 Å². The van der Waals surface area contributed by atoms with Crippen molar-refractivity contribution in [1.29, 1.82) is 0 Å². The minimum Gasteiger partial charge on any atom is -0.496 e. The molecule has 3 nitrogen and oxygen atoms in total. The zero-order chi connectivity index (χ0) is 15.6. The van der Waals surface area contributed by atoms with Gasteiger partial charge in [0.2, 0.25) is 0 Å². The molecule has 2 aromatic rings. The molecule has 1 aromatic carbocycles. The fraction of sp³-hybridized carbons (Fsp3) is 0.294. The minimum absolute atomic E-state index is 0.0482. The third-order valence-corrected chi connectivity index (χ3v) is 4.62. The molecule has 0 aliphatic rings. The molecule has 1 heterocycles. The number of ketones is 1. The van der Waals surface area contributed by atoms with Gasteiger partial charge in [-0.3, -0.25) is 9.78 Å². The fourth-order valence-electron chi connectivity index (χ4n) is 2.36. The van der Waals surface area contributed by atoms with E-state index in [1.807, 2.05) is 39.0 Å². The van der Waals surface area contributed by atoms with Gasteiger partial charge in [0.25, 0.3) is 0 Å². The number of pyridine rings is 1. The number of hydrogen-bond donors (Lipinski definition) is 0. The van der Waals surface area contributed by atoms with Crippen molar-refractivity contribution in [3.63, 3.8) is 0 Å². The number of Topliss-reactive ketones (excluding diaryl/α,β-unsaturated/α-hetero) is 1. The highest BCUT2D eigenvalue weighted by Gasteiger charge is 2.16. The third-order valence-electron chi connectivity index (χ3n) is 3.57. The maximum Gasteiger partial charge on any atom is 0.169 e. The summed E-state index contributed by atoms with van der Waals surface area (Å²) in [4.78, 5) is 16.9. The van der Waals surface area contributed by atoms with Gasteiger partial charge in [-0.15, -0.1) is 0 Å². The zero-order valence-corrected chi connectivity index (χ0v) is 14.2. The maximum absolute atomic E-state index is 12.5. The van der Waals surface area contributed by atoms with E-state index in [1.165, 1.54) is 0 Å². The van der Waals surface area contributed by atoms with Crippen LogP contribution in [0.1, 0.15) is 32.7 Å². The summed E-state index contributed by atoms with van der Waals surface area (Å²) in [6.07, 6.45) is 2.02. The Hall–Kier alpha value is -1.68. The van der Waals surface area contributed by atoms with E-state index in [9.17, 15) is 4.79 Å². The first kappa shape index (κ1) is 15.7. The first-order chi connectivity index (χ1) is 9.95. The number of aromatic nitrogens is 1. The van der Waals surface area contributed by atoms with Crippen molar-refractivity contribution in [3.05, 3.63) is 56.8 Å². The Morgan fingerprint density at radius 3 is 2.62 bits per heavy atom. The molecule has 0 atom stereocenters. The van der Waals surface area contributed by atoms with Gasteiger partial charge in [-0.1, -0.05) is 18.2 Å². The van der Waals surface area contributed by atoms with Gasteiger partial charge in [-0.2, -0.15) is 0 Å². The van der Waals surface area contributed by atoms with Crippen LogP contribution in [-0.4, -0.2) is 17.9 Å². The molecule has 1 aromatic heterocycles. The molecule has 4 heteroatoms. The minimum atomic E-state index is 0.0482. The summed E-state index contributed by atoms with van der Waals surface area (Å²) in [5, 5.41) is 0. The highest BCUT2D eigenvalue weighted by Crippen LogP contribution is 2.26. The van der Waals surface area contributed by atoms with Gasteiger partial charge in [0.1, 0.15) is 5.75 Å².